The van der Waals surface area contributed by atoms with Crippen molar-refractivity contribution in [2.75, 3.05) is 0 Å². The number of rotatable bonds is 2. The maximum Gasteiger partial charge on any atom is 0.0745 e. The lowest BCUT2D eigenvalue weighted by Gasteiger charge is -2.10. The maximum atomic E-state index is 5.91. The van der Waals surface area contributed by atoms with Crippen LogP contribution in [0.3, 0.4) is 0 Å². The Morgan fingerprint density at radius 1 is 1.05 bits per heavy atom. The second-order valence-corrected chi connectivity index (χ2v) is 5.30. The van der Waals surface area contributed by atoms with E-state index in [1.807, 2.05) is 24.3 Å². The number of benzene rings is 2. The first-order valence-electron chi connectivity index (χ1n) is 6.37. The molecule has 96 valence electrons. The van der Waals surface area contributed by atoms with Crippen molar-refractivity contribution in [1.29, 1.82) is 0 Å². The lowest BCUT2D eigenvalue weighted by molar-refractivity contribution is 0.620. The first kappa shape index (κ1) is 12.2. The van der Waals surface area contributed by atoms with Crippen molar-refractivity contribution in [3.63, 3.8) is 0 Å². The largest absolute Gasteiger partial charge is 0.302 e. The molecule has 0 bridgehead atoms. The Hall–Kier alpha value is -1.80. The van der Waals surface area contributed by atoms with Crippen LogP contribution in [-0.2, 0) is 0 Å². The predicted molar refractivity (Wildman–Crippen MR) is 79.7 cm³/mol. The molecule has 0 saturated heterocycles. The van der Waals surface area contributed by atoms with Crippen molar-refractivity contribution < 1.29 is 0 Å². The molecule has 2 nitrogen and oxygen atoms in total. The fourth-order valence-electron chi connectivity index (χ4n) is 2.26. The standard InChI is InChI=1S/C16H15ClN2/c1-11-2-4-12(5-3-11)15-10-16(19-18-15)13-6-8-14(17)9-7-13/h2-9,16,19H,10H2,1H3. The van der Waals surface area contributed by atoms with Crippen LogP contribution < -0.4 is 5.43 Å². The zero-order chi connectivity index (χ0) is 13.2. The van der Waals surface area contributed by atoms with E-state index in [2.05, 4.69) is 41.7 Å². The normalized spacial score (nSPS) is 18.0. The SMILES string of the molecule is Cc1ccc(C2=NNC(c3ccc(Cl)cc3)C2)cc1. The molecule has 0 aromatic heterocycles. The monoisotopic (exact) mass is 270 g/mol. The molecule has 1 heterocycles. The zero-order valence-electron chi connectivity index (χ0n) is 10.7. The molecule has 1 atom stereocenters. The van der Waals surface area contributed by atoms with Gasteiger partial charge in [-0.25, -0.2) is 0 Å². The van der Waals surface area contributed by atoms with Gasteiger partial charge in [0, 0.05) is 11.4 Å². The van der Waals surface area contributed by atoms with Crippen LogP contribution in [0.5, 0.6) is 0 Å². The minimum atomic E-state index is 0.244. The van der Waals surface area contributed by atoms with E-state index in [0.717, 1.165) is 17.2 Å². The second kappa shape index (κ2) is 5.06. The summed E-state index contributed by atoms with van der Waals surface area (Å²) in [5, 5.41) is 5.21. The van der Waals surface area contributed by atoms with Gasteiger partial charge in [-0.15, -0.1) is 0 Å². The van der Waals surface area contributed by atoms with Crippen LogP contribution in [0.2, 0.25) is 5.02 Å². The summed E-state index contributed by atoms with van der Waals surface area (Å²) < 4.78 is 0. The summed E-state index contributed by atoms with van der Waals surface area (Å²) in [6, 6.07) is 16.7. The number of aryl methyl sites for hydroxylation is 1. The van der Waals surface area contributed by atoms with Gasteiger partial charge in [-0.3, -0.25) is 0 Å². The highest BCUT2D eigenvalue weighted by molar-refractivity contribution is 6.30. The fraction of sp³-hybridized carbons (Fsp3) is 0.188. The van der Waals surface area contributed by atoms with Crippen molar-refractivity contribution >= 4 is 17.3 Å². The molecular weight excluding hydrogens is 256 g/mol. The van der Waals surface area contributed by atoms with Gasteiger partial charge < -0.3 is 5.43 Å². The smallest absolute Gasteiger partial charge is 0.0745 e. The molecule has 1 aliphatic heterocycles. The van der Waals surface area contributed by atoms with Crippen LogP contribution in [0.15, 0.2) is 53.6 Å². The third-order valence-corrected chi connectivity index (χ3v) is 3.66. The number of nitrogens with one attached hydrogen (secondary N) is 1. The molecule has 19 heavy (non-hydrogen) atoms. The minimum absolute atomic E-state index is 0.244. The summed E-state index contributed by atoms with van der Waals surface area (Å²) in [5.74, 6) is 0. The third-order valence-electron chi connectivity index (χ3n) is 3.41. The van der Waals surface area contributed by atoms with Crippen LogP contribution in [-0.4, -0.2) is 5.71 Å². The van der Waals surface area contributed by atoms with E-state index in [0.29, 0.717) is 0 Å². The molecule has 1 unspecified atom stereocenters. The van der Waals surface area contributed by atoms with Gasteiger partial charge >= 0.3 is 0 Å². The Kier molecular flexibility index (Phi) is 3.26. The van der Waals surface area contributed by atoms with E-state index in [9.17, 15) is 0 Å². The molecule has 1 aliphatic rings. The molecule has 3 rings (SSSR count). The van der Waals surface area contributed by atoms with Crippen molar-refractivity contribution in [3.05, 3.63) is 70.2 Å². The average Bonchev–Trinajstić information content (AvgIpc) is 2.90. The second-order valence-electron chi connectivity index (χ2n) is 4.86. The summed E-state index contributed by atoms with van der Waals surface area (Å²) in [6.07, 6.45) is 0.907. The van der Waals surface area contributed by atoms with Crippen LogP contribution in [0.25, 0.3) is 0 Å². The van der Waals surface area contributed by atoms with E-state index in [1.54, 1.807) is 0 Å². The predicted octanol–water partition coefficient (Wildman–Crippen LogP) is 4.09. The van der Waals surface area contributed by atoms with Gasteiger partial charge in [-0.05, 0) is 30.2 Å². The third kappa shape index (κ3) is 2.64. The molecule has 2 aromatic carbocycles. The number of halogens is 1. The van der Waals surface area contributed by atoms with Crippen LogP contribution in [0.4, 0.5) is 0 Å². The van der Waals surface area contributed by atoms with Crippen LogP contribution in [0.1, 0.15) is 29.2 Å². The quantitative estimate of drug-likeness (QED) is 0.873. The summed E-state index contributed by atoms with van der Waals surface area (Å²) in [4.78, 5) is 0. The maximum absolute atomic E-state index is 5.91. The van der Waals surface area contributed by atoms with Gasteiger partial charge in [-0.2, -0.15) is 5.10 Å². The van der Waals surface area contributed by atoms with Gasteiger partial charge in [0.1, 0.15) is 0 Å². The van der Waals surface area contributed by atoms with Gasteiger partial charge in [-0.1, -0.05) is 53.6 Å². The Bertz CT molecular complexity index is 600. The Balaban J connectivity index is 1.76. The summed E-state index contributed by atoms with van der Waals surface area (Å²) in [7, 11) is 0. The van der Waals surface area contributed by atoms with E-state index in [1.165, 1.54) is 16.7 Å². The Labute approximate surface area is 118 Å². The van der Waals surface area contributed by atoms with Crippen molar-refractivity contribution in [1.82, 2.24) is 5.43 Å². The average molecular weight is 271 g/mol. The van der Waals surface area contributed by atoms with E-state index < -0.39 is 0 Å². The van der Waals surface area contributed by atoms with Crippen LogP contribution >= 0.6 is 11.6 Å². The number of hydrogen-bond acceptors (Lipinski definition) is 2. The van der Waals surface area contributed by atoms with Gasteiger partial charge in [0.25, 0.3) is 0 Å². The lowest BCUT2D eigenvalue weighted by Crippen LogP contribution is -2.09. The fourth-order valence-corrected chi connectivity index (χ4v) is 2.38. The summed E-state index contributed by atoms with van der Waals surface area (Å²) >= 11 is 5.91. The van der Waals surface area contributed by atoms with Crippen LogP contribution in [0, 0.1) is 6.92 Å². The molecule has 1 N–H and O–H groups in total. The molecule has 0 radical (unpaired) electrons. The van der Waals surface area contributed by atoms with Crippen molar-refractivity contribution in [2.45, 2.75) is 19.4 Å². The zero-order valence-corrected chi connectivity index (χ0v) is 11.5. The van der Waals surface area contributed by atoms with Gasteiger partial charge in [0.2, 0.25) is 0 Å². The lowest BCUT2D eigenvalue weighted by atomic mass is 9.99. The number of nitrogens with zero attached hydrogens (tertiary/aromatic N) is 1. The molecule has 2 aromatic rings. The first-order chi connectivity index (χ1) is 9.22. The molecule has 0 amide bonds. The Morgan fingerprint density at radius 2 is 1.74 bits per heavy atom. The van der Waals surface area contributed by atoms with E-state index >= 15 is 0 Å². The number of hydrogen-bond donors (Lipinski definition) is 1. The summed E-state index contributed by atoms with van der Waals surface area (Å²) in [5.41, 5.74) is 7.99. The van der Waals surface area contributed by atoms with Crippen molar-refractivity contribution in [2.24, 2.45) is 5.10 Å². The molecular formula is C16H15ClN2. The molecule has 3 heteroatoms. The van der Waals surface area contributed by atoms with Crippen molar-refractivity contribution in [3.8, 4) is 0 Å². The molecule has 0 aliphatic carbocycles. The topological polar surface area (TPSA) is 24.4 Å². The minimum Gasteiger partial charge on any atom is -0.302 e. The number of hydrazone groups is 1. The van der Waals surface area contributed by atoms with E-state index in [-0.39, 0.29) is 6.04 Å². The first-order valence-corrected chi connectivity index (χ1v) is 6.75. The Morgan fingerprint density at radius 3 is 2.42 bits per heavy atom. The highest BCUT2D eigenvalue weighted by Gasteiger charge is 2.20. The highest BCUT2D eigenvalue weighted by Crippen LogP contribution is 2.25. The van der Waals surface area contributed by atoms with Gasteiger partial charge in [0.15, 0.2) is 0 Å². The van der Waals surface area contributed by atoms with Gasteiger partial charge in [0.05, 0.1) is 11.8 Å². The highest BCUT2D eigenvalue weighted by atomic mass is 35.5. The summed E-state index contributed by atoms with van der Waals surface area (Å²) in [6.45, 7) is 2.09. The molecule has 0 saturated carbocycles. The van der Waals surface area contributed by atoms with E-state index in [4.69, 9.17) is 11.6 Å². The molecule has 0 spiro atoms. The molecule has 0 fully saturated rings.